The van der Waals surface area contributed by atoms with Gasteiger partial charge in [0, 0.05) is 6.54 Å². The number of benzene rings is 2. The van der Waals surface area contributed by atoms with Crippen LogP contribution >= 0.6 is 0 Å². The smallest absolute Gasteiger partial charge is 0.260 e. The lowest BCUT2D eigenvalue weighted by Crippen LogP contribution is -2.38. The van der Waals surface area contributed by atoms with E-state index in [1.54, 1.807) is 6.92 Å². The molecule has 0 saturated heterocycles. The van der Waals surface area contributed by atoms with Crippen molar-refractivity contribution in [3.63, 3.8) is 0 Å². The highest BCUT2D eigenvalue weighted by Gasteiger charge is 2.16. The van der Waals surface area contributed by atoms with Crippen LogP contribution in [0.25, 0.3) is 0 Å². The fourth-order valence-electron chi connectivity index (χ4n) is 2.34. The summed E-state index contributed by atoms with van der Waals surface area (Å²) in [6.45, 7) is 8.57. The molecule has 0 aromatic heterocycles. The molecule has 0 heterocycles. The Morgan fingerprint density at radius 2 is 1.74 bits per heavy atom. The van der Waals surface area contributed by atoms with Gasteiger partial charge < -0.3 is 10.1 Å². The molecule has 0 spiro atoms. The van der Waals surface area contributed by atoms with Crippen molar-refractivity contribution in [3.05, 3.63) is 65.2 Å². The van der Waals surface area contributed by atoms with Crippen molar-refractivity contribution in [2.24, 2.45) is 0 Å². The lowest BCUT2D eigenvalue weighted by atomic mass is 10.0. The van der Waals surface area contributed by atoms with Gasteiger partial charge in [0.05, 0.1) is 0 Å². The molecule has 23 heavy (non-hydrogen) atoms. The maximum absolute atomic E-state index is 12.2. The van der Waals surface area contributed by atoms with Crippen LogP contribution in [0.5, 0.6) is 5.75 Å². The average Bonchev–Trinajstić information content (AvgIpc) is 2.56. The van der Waals surface area contributed by atoms with Crippen LogP contribution in [-0.4, -0.2) is 18.6 Å². The number of hydrogen-bond donors (Lipinski definition) is 1. The van der Waals surface area contributed by atoms with Gasteiger partial charge in [-0.15, -0.1) is 0 Å². The minimum atomic E-state index is -0.514. The van der Waals surface area contributed by atoms with E-state index in [1.165, 1.54) is 11.1 Å². The summed E-state index contributed by atoms with van der Waals surface area (Å²) in [5.74, 6) is 0.909. The Balaban J connectivity index is 1.86. The molecule has 2 rings (SSSR count). The topological polar surface area (TPSA) is 38.3 Å². The van der Waals surface area contributed by atoms with E-state index in [9.17, 15) is 4.79 Å². The minimum absolute atomic E-state index is 0.0917. The third kappa shape index (κ3) is 4.85. The van der Waals surface area contributed by atoms with E-state index in [1.807, 2.05) is 43.3 Å². The van der Waals surface area contributed by atoms with Gasteiger partial charge in [-0.1, -0.05) is 43.3 Å². The van der Waals surface area contributed by atoms with Crippen LogP contribution < -0.4 is 10.1 Å². The zero-order valence-electron chi connectivity index (χ0n) is 14.3. The second-order valence-corrected chi connectivity index (χ2v) is 6.06. The van der Waals surface area contributed by atoms with Crippen LogP contribution in [0.3, 0.4) is 0 Å². The van der Waals surface area contributed by atoms with Gasteiger partial charge >= 0.3 is 0 Å². The predicted molar refractivity (Wildman–Crippen MR) is 93.9 cm³/mol. The van der Waals surface area contributed by atoms with Crippen LogP contribution in [0, 0.1) is 13.8 Å². The molecule has 0 unspecified atom stereocenters. The van der Waals surface area contributed by atoms with Crippen molar-refractivity contribution >= 4 is 5.91 Å². The quantitative estimate of drug-likeness (QED) is 0.876. The molecule has 2 atom stereocenters. The van der Waals surface area contributed by atoms with Crippen molar-refractivity contribution in [1.82, 2.24) is 5.32 Å². The van der Waals surface area contributed by atoms with E-state index >= 15 is 0 Å². The van der Waals surface area contributed by atoms with E-state index in [0.717, 1.165) is 11.3 Å². The van der Waals surface area contributed by atoms with Gasteiger partial charge in [-0.25, -0.2) is 0 Å². The van der Waals surface area contributed by atoms with Crippen molar-refractivity contribution in [1.29, 1.82) is 0 Å². The van der Waals surface area contributed by atoms with E-state index in [4.69, 9.17) is 4.74 Å². The molecule has 0 aliphatic heterocycles. The molecule has 0 radical (unpaired) electrons. The number of ether oxygens (including phenoxy) is 1. The molecule has 0 saturated carbocycles. The molecular weight excluding hydrogens is 286 g/mol. The molecule has 1 N–H and O–H groups in total. The van der Waals surface area contributed by atoms with Gasteiger partial charge in [0.1, 0.15) is 5.75 Å². The predicted octanol–water partition coefficient (Wildman–Crippen LogP) is 3.99. The van der Waals surface area contributed by atoms with Crippen molar-refractivity contribution in [2.75, 3.05) is 6.54 Å². The summed E-state index contributed by atoms with van der Waals surface area (Å²) in [5.41, 5.74) is 3.59. The number of rotatable bonds is 6. The first-order chi connectivity index (χ1) is 11.0. The molecule has 2 aromatic rings. The molecule has 3 nitrogen and oxygen atoms in total. The van der Waals surface area contributed by atoms with Crippen LogP contribution in [-0.2, 0) is 4.79 Å². The summed E-state index contributed by atoms with van der Waals surface area (Å²) < 4.78 is 5.74. The number of amides is 1. The summed E-state index contributed by atoms with van der Waals surface area (Å²) in [6, 6.07) is 16.0. The van der Waals surface area contributed by atoms with E-state index in [2.05, 4.69) is 31.3 Å². The number of hydrogen-bond acceptors (Lipinski definition) is 2. The van der Waals surface area contributed by atoms with Crippen molar-refractivity contribution < 1.29 is 9.53 Å². The Morgan fingerprint density at radius 3 is 2.39 bits per heavy atom. The van der Waals surface area contributed by atoms with Gasteiger partial charge in [-0.3, -0.25) is 4.79 Å². The molecule has 0 aliphatic rings. The van der Waals surface area contributed by atoms with E-state index in [0.29, 0.717) is 6.54 Å². The molecule has 0 aliphatic carbocycles. The van der Waals surface area contributed by atoms with Crippen LogP contribution in [0.2, 0.25) is 0 Å². The maximum Gasteiger partial charge on any atom is 0.260 e. The minimum Gasteiger partial charge on any atom is -0.481 e. The highest BCUT2D eigenvalue weighted by molar-refractivity contribution is 5.80. The van der Waals surface area contributed by atoms with Crippen molar-refractivity contribution in [3.8, 4) is 5.75 Å². The summed E-state index contributed by atoms with van der Waals surface area (Å²) in [5, 5.41) is 2.96. The lowest BCUT2D eigenvalue weighted by Gasteiger charge is -2.18. The highest BCUT2D eigenvalue weighted by atomic mass is 16.5. The molecule has 1 amide bonds. The van der Waals surface area contributed by atoms with Crippen molar-refractivity contribution in [2.45, 2.75) is 39.7 Å². The second-order valence-electron chi connectivity index (χ2n) is 6.06. The van der Waals surface area contributed by atoms with Crippen LogP contribution in [0.15, 0.2) is 48.5 Å². The summed E-state index contributed by atoms with van der Waals surface area (Å²) in [4.78, 5) is 12.2. The molecular formula is C20H25NO2. The fourth-order valence-corrected chi connectivity index (χ4v) is 2.34. The van der Waals surface area contributed by atoms with E-state index in [-0.39, 0.29) is 11.8 Å². The van der Waals surface area contributed by atoms with Crippen LogP contribution in [0.4, 0.5) is 0 Å². The fraction of sp³-hybridized carbons (Fsp3) is 0.350. The number of carbonyl (C=O) groups excluding carboxylic acids is 1. The Labute approximate surface area is 138 Å². The first-order valence-corrected chi connectivity index (χ1v) is 8.04. The zero-order valence-corrected chi connectivity index (χ0v) is 14.3. The second kappa shape index (κ2) is 7.82. The summed E-state index contributed by atoms with van der Waals surface area (Å²) >= 11 is 0. The standard InChI is InChI=1S/C20H25NO2/c1-14-10-11-19(12-15(14)2)23-17(4)20(22)21-13-16(3)18-8-6-5-7-9-18/h5-12,16-17H,13H2,1-4H3,(H,21,22)/t16-,17+/m1/s1. The first kappa shape index (κ1) is 17.1. The normalized spacial score (nSPS) is 13.2. The SMILES string of the molecule is Cc1ccc(O[C@@H](C)C(=O)NC[C@@H](C)c2ccccc2)cc1C. The Bertz CT molecular complexity index is 652. The Kier molecular flexibility index (Phi) is 5.80. The monoisotopic (exact) mass is 311 g/mol. The zero-order chi connectivity index (χ0) is 16.8. The summed E-state index contributed by atoms with van der Waals surface area (Å²) in [7, 11) is 0. The summed E-state index contributed by atoms with van der Waals surface area (Å²) in [6.07, 6.45) is -0.514. The van der Waals surface area contributed by atoms with Gasteiger partial charge in [-0.05, 0) is 55.5 Å². The lowest BCUT2D eigenvalue weighted by molar-refractivity contribution is -0.127. The first-order valence-electron chi connectivity index (χ1n) is 8.04. The third-order valence-electron chi connectivity index (χ3n) is 4.11. The average molecular weight is 311 g/mol. The maximum atomic E-state index is 12.2. The van der Waals surface area contributed by atoms with Gasteiger partial charge in [0.25, 0.3) is 5.91 Å². The van der Waals surface area contributed by atoms with Gasteiger partial charge in [0.15, 0.2) is 6.10 Å². The Hall–Kier alpha value is -2.29. The molecule has 2 aromatic carbocycles. The Morgan fingerprint density at radius 1 is 1.04 bits per heavy atom. The number of aryl methyl sites for hydroxylation is 2. The van der Waals surface area contributed by atoms with Crippen LogP contribution in [0.1, 0.15) is 36.5 Å². The van der Waals surface area contributed by atoms with Gasteiger partial charge in [-0.2, -0.15) is 0 Å². The molecule has 0 bridgehead atoms. The molecule has 3 heteroatoms. The highest BCUT2D eigenvalue weighted by Crippen LogP contribution is 2.18. The third-order valence-corrected chi connectivity index (χ3v) is 4.11. The molecule has 0 fully saturated rings. The largest absolute Gasteiger partial charge is 0.481 e. The number of nitrogens with one attached hydrogen (secondary N) is 1. The van der Waals surface area contributed by atoms with Gasteiger partial charge in [0.2, 0.25) is 0 Å². The van der Waals surface area contributed by atoms with E-state index < -0.39 is 6.10 Å². The number of carbonyl (C=O) groups is 1. The molecule has 122 valence electrons.